The maximum atomic E-state index is 5.95. The number of nitrogen functional groups attached to an aromatic ring is 1. The Bertz CT molecular complexity index is 447. The zero-order valence-corrected chi connectivity index (χ0v) is 12.4. The van der Waals surface area contributed by atoms with Crippen LogP contribution in [0.5, 0.6) is 0 Å². The third-order valence-electron chi connectivity index (χ3n) is 4.11. The van der Waals surface area contributed by atoms with Crippen molar-refractivity contribution in [3.8, 4) is 0 Å². The molecule has 1 aliphatic carbocycles. The minimum atomic E-state index is -0.351. The minimum Gasteiger partial charge on any atom is -0.384 e. The molecular formula is C15H25N3O. The quantitative estimate of drug-likeness (QED) is 0.909. The predicted molar refractivity (Wildman–Crippen MR) is 76.9 cm³/mol. The third-order valence-corrected chi connectivity index (χ3v) is 4.11. The first-order valence-corrected chi connectivity index (χ1v) is 7.17. The maximum absolute atomic E-state index is 5.95. The fourth-order valence-corrected chi connectivity index (χ4v) is 2.97. The Kier molecular flexibility index (Phi) is 4.09. The molecule has 0 radical (unpaired) electrons. The van der Waals surface area contributed by atoms with Crippen LogP contribution in [0.25, 0.3) is 0 Å². The zero-order valence-electron chi connectivity index (χ0n) is 12.4. The highest BCUT2D eigenvalue weighted by atomic mass is 16.5. The van der Waals surface area contributed by atoms with Crippen LogP contribution in [-0.2, 0) is 10.3 Å². The molecule has 2 unspecified atom stereocenters. The summed E-state index contributed by atoms with van der Waals surface area (Å²) in [4.78, 5) is 9.18. The van der Waals surface area contributed by atoms with Gasteiger partial charge in [-0.25, -0.2) is 9.97 Å². The number of rotatable bonds is 3. The molecule has 106 valence electrons. The second-order valence-corrected chi connectivity index (χ2v) is 6.10. The molecule has 1 heterocycles. The summed E-state index contributed by atoms with van der Waals surface area (Å²) < 4.78 is 5.84. The van der Waals surface area contributed by atoms with Crippen LogP contribution in [-0.4, -0.2) is 17.1 Å². The van der Waals surface area contributed by atoms with E-state index in [4.69, 9.17) is 15.5 Å². The Hall–Kier alpha value is -1.16. The molecule has 0 spiro atoms. The first-order chi connectivity index (χ1) is 8.97. The van der Waals surface area contributed by atoms with Crippen LogP contribution in [0.2, 0.25) is 0 Å². The number of anilines is 1. The molecule has 1 fully saturated rings. The molecule has 2 N–H and O–H groups in total. The van der Waals surface area contributed by atoms with Gasteiger partial charge in [0.1, 0.15) is 11.4 Å². The molecule has 0 aliphatic heterocycles. The lowest BCUT2D eigenvalue weighted by Gasteiger charge is -2.37. The van der Waals surface area contributed by atoms with E-state index in [2.05, 4.69) is 25.8 Å². The number of hydrogen-bond acceptors (Lipinski definition) is 4. The van der Waals surface area contributed by atoms with Crippen LogP contribution in [0.1, 0.15) is 63.9 Å². The van der Waals surface area contributed by atoms with Crippen molar-refractivity contribution in [1.82, 2.24) is 9.97 Å². The standard InChI is InChI=1S/C15H25N3O/c1-10(2)12-8-13(16)18-14(17-12)15(19-4)7-5-6-11(3)9-15/h8,10-11H,5-7,9H2,1-4H3,(H2,16,17,18). The van der Waals surface area contributed by atoms with Crippen molar-refractivity contribution in [2.75, 3.05) is 12.8 Å². The average Bonchev–Trinajstić information content (AvgIpc) is 2.37. The van der Waals surface area contributed by atoms with Crippen LogP contribution in [0.3, 0.4) is 0 Å². The molecule has 19 heavy (non-hydrogen) atoms. The monoisotopic (exact) mass is 263 g/mol. The molecular weight excluding hydrogens is 238 g/mol. The lowest BCUT2D eigenvalue weighted by Crippen LogP contribution is -2.36. The van der Waals surface area contributed by atoms with Gasteiger partial charge in [0.05, 0.1) is 0 Å². The van der Waals surface area contributed by atoms with Gasteiger partial charge >= 0.3 is 0 Å². The molecule has 0 saturated heterocycles. The third kappa shape index (κ3) is 2.89. The van der Waals surface area contributed by atoms with Gasteiger partial charge in [0, 0.05) is 18.9 Å². The van der Waals surface area contributed by atoms with Crippen molar-refractivity contribution in [3.05, 3.63) is 17.6 Å². The number of nitrogens with two attached hydrogens (primary N) is 1. The van der Waals surface area contributed by atoms with Crippen LogP contribution in [0.4, 0.5) is 5.82 Å². The summed E-state index contributed by atoms with van der Waals surface area (Å²) in [7, 11) is 1.76. The molecule has 0 amide bonds. The number of nitrogens with zero attached hydrogens (tertiary/aromatic N) is 2. The van der Waals surface area contributed by atoms with E-state index in [-0.39, 0.29) is 5.60 Å². The Balaban J connectivity index is 2.42. The van der Waals surface area contributed by atoms with Crippen molar-refractivity contribution >= 4 is 5.82 Å². The number of aromatic nitrogens is 2. The van der Waals surface area contributed by atoms with E-state index in [0.29, 0.717) is 17.7 Å². The summed E-state index contributed by atoms with van der Waals surface area (Å²) in [5.41, 5.74) is 6.59. The fraction of sp³-hybridized carbons (Fsp3) is 0.733. The molecule has 2 rings (SSSR count). The van der Waals surface area contributed by atoms with Gasteiger partial charge in [-0.3, -0.25) is 0 Å². The highest BCUT2D eigenvalue weighted by Crippen LogP contribution is 2.41. The Morgan fingerprint density at radius 3 is 2.74 bits per heavy atom. The van der Waals surface area contributed by atoms with Gasteiger partial charge in [0.25, 0.3) is 0 Å². The highest BCUT2D eigenvalue weighted by molar-refractivity contribution is 5.32. The molecule has 4 heteroatoms. The van der Waals surface area contributed by atoms with Crippen LogP contribution in [0, 0.1) is 5.92 Å². The van der Waals surface area contributed by atoms with E-state index in [1.165, 1.54) is 6.42 Å². The summed E-state index contributed by atoms with van der Waals surface area (Å²) >= 11 is 0. The van der Waals surface area contributed by atoms with Gasteiger partial charge in [-0.1, -0.05) is 27.2 Å². The normalized spacial score (nSPS) is 27.7. The second-order valence-electron chi connectivity index (χ2n) is 6.10. The van der Waals surface area contributed by atoms with Crippen LogP contribution >= 0.6 is 0 Å². The van der Waals surface area contributed by atoms with Gasteiger partial charge in [-0.05, 0) is 31.1 Å². The van der Waals surface area contributed by atoms with E-state index in [9.17, 15) is 0 Å². The molecule has 1 aromatic rings. The molecule has 1 saturated carbocycles. The van der Waals surface area contributed by atoms with Gasteiger partial charge in [0.15, 0.2) is 5.82 Å². The van der Waals surface area contributed by atoms with E-state index in [0.717, 1.165) is 30.8 Å². The first kappa shape index (κ1) is 14.3. The second kappa shape index (κ2) is 5.45. The topological polar surface area (TPSA) is 61.0 Å². The Labute approximate surface area is 115 Å². The first-order valence-electron chi connectivity index (χ1n) is 7.17. The smallest absolute Gasteiger partial charge is 0.162 e. The maximum Gasteiger partial charge on any atom is 0.162 e. The van der Waals surface area contributed by atoms with Crippen molar-refractivity contribution < 1.29 is 4.74 Å². The summed E-state index contributed by atoms with van der Waals surface area (Å²) in [6.45, 7) is 6.51. The minimum absolute atomic E-state index is 0.346. The SMILES string of the molecule is COC1(c2nc(N)cc(C(C)C)n2)CCCC(C)C1. The molecule has 4 nitrogen and oxygen atoms in total. The van der Waals surface area contributed by atoms with Crippen molar-refractivity contribution in [1.29, 1.82) is 0 Å². The summed E-state index contributed by atoms with van der Waals surface area (Å²) in [5, 5.41) is 0. The Morgan fingerprint density at radius 2 is 2.16 bits per heavy atom. The van der Waals surface area contributed by atoms with E-state index >= 15 is 0 Å². The fourth-order valence-electron chi connectivity index (χ4n) is 2.97. The van der Waals surface area contributed by atoms with Crippen molar-refractivity contribution in [3.63, 3.8) is 0 Å². The van der Waals surface area contributed by atoms with E-state index in [1.54, 1.807) is 7.11 Å². The molecule has 1 aromatic heterocycles. The highest BCUT2D eigenvalue weighted by Gasteiger charge is 2.39. The molecule has 0 aromatic carbocycles. The van der Waals surface area contributed by atoms with Gasteiger partial charge in [0.2, 0.25) is 0 Å². The Morgan fingerprint density at radius 1 is 1.42 bits per heavy atom. The summed E-state index contributed by atoms with van der Waals surface area (Å²) in [6.07, 6.45) is 4.37. The lowest BCUT2D eigenvalue weighted by molar-refractivity contribution is -0.0646. The number of methoxy groups -OCH3 is 1. The summed E-state index contributed by atoms with van der Waals surface area (Å²) in [6, 6.07) is 1.86. The van der Waals surface area contributed by atoms with Crippen LogP contribution < -0.4 is 5.73 Å². The van der Waals surface area contributed by atoms with Gasteiger partial charge in [-0.15, -0.1) is 0 Å². The van der Waals surface area contributed by atoms with E-state index in [1.807, 2.05) is 6.07 Å². The number of ether oxygens (including phenoxy) is 1. The molecule has 0 bridgehead atoms. The van der Waals surface area contributed by atoms with Crippen molar-refractivity contribution in [2.45, 2.75) is 58.0 Å². The zero-order chi connectivity index (χ0) is 14.0. The largest absolute Gasteiger partial charge is 0.384 e. The predicted octanol–water partition coefficient (Wildman–Crippen LogP) is 3.23. The van der Waals surface area contributed by atoms with Gasteiger partial charge < -0.3 is 10.5 Å². The number of hydrogen-bond donors (Lipinski definition) is 1. The summed E-state index contributed by atoms with van der Waals surface area (Å²) in [5.74, 6) is 2.30. The van der Waals surface area contributed by atoms with Crippen molar-refractivity contribution in [2.24, 2.45) is 5.92 Å². The molecule has 1 aliphatic rings. The lowest BCUT2D eigenvalue weighted by atomic mass is 9.78. The average molecular weight is 263 g/mol. The van der Waals surface area contributed by atoms with E-state index < -0.39 is 0 Å². The van der Waals surface area contributed by atoms with Crippen LogP contribution in [0.15, 0.2) is 6.07 Å². The molecule has 2 atom stereocenters. The van der Waals surface area contributed by atoms with Gasteiger partial charge in [-0.2, -0.15) is 0 Å².